The van der Waals surface area contributed by atoms with Crippen LogP contribution in [-0.2, 0) is 4.79 Å². The minimum atomic E-state index is -0.688. The maximum atomic E-state index is 11.5. The molecule has 5 nitrogen and oxygen atoms in total. The summed E-state index contributed by atoms with van der Waals surface area (Å²) in [4.78, 5) is 11.5. The van der Waals surface area contributed by atoms with Crippen LogP contribution in [0.3, 0.4) is 0 Å². The van der Waals surface area contributed by atoms with Gasteiger partial charge < -0.3 is 11.1 Å². The highest BCUT2D eigenvalue weighted by molar-refractivity contribution is 8.14. The monoisotopic (exact) mass is 240 g/mol. The van der Waals surface area contributed by atoms with E-state index in [9.17, 15) is 4.79 Å². The molecule has 16 heavy (non-hydrogen) atoms. The van der Waals surface area contributed by atoms with Crippen LogP contribution in [-0.4, -0.2) is 22.4 Å². The van der Waals surface area contributed by atoms with E-state index in [-0.39, 0.29) is 16.8 Å². The first-order valence-corrected chi connectivity index (χ1v) is 6.26. The molecule has 1 rings (SSSR count). The molecular formula is C10H16N4OS. The lowest BCUT2D eigenvalue weighted by atomic mass is 9.83. The van der Waals surface area contributed by atoms with Crippen LogP contribution in [0.25, 0.3) is 0 Å². The molecule has 0 aromatic heterocycles. The second-order valence-corrected chi connectivity index (χ2v) is 4.97. The largest absolute Gasteiger partial charge is 0.379 e. The molecule has 1 aliphatic rings. The summed E-state index contributed by atoms with van der Waals surface area (Å²) < 4.78 is 0. The van der Waals surface area contributed by atoms with E-state index < -0.39 is 5.54 Å². The van der Waals surface area contributed by atoms with E-state index in [0.717, 1.165) is 43.9 Å². The highest BCUT2D eigenvalue weighted by atomic mass is 32.2. The number of carbonyl (C=O) groups is 1. The molecule has 88 valence electrons. The van der Waals surface area contributed by atoms with Crippen LogP contribution in [0, 0.1) is 16.7 Å². The second kappa shape index (κ2) is 5.75. The molecule has 0 radical (unpaired) electrons. The Morgan fingerprint density at radius 2 is 2.12 bits per heavy atom. The Kier molecular flexibility index (Phi) is 4.62. The minimum Gasteiger partial charge on any atom is -0.379 e. The molecule has 4 N–H and O–H groups in total. The zero-order valence-electron chi connectivity index (χ0n) is 9.08. The smallest absolute Gasteiger partial charge is 0.231 e. The summed E-state index contributed by atoms with van der Waals surface area (Å²) in [6, 6.07) is 2.21. The summed E-state index contributed by atoms with van der Waals surface area (Å²) in [5.74, 6) is -0.109. The molecule has 1 aliphatic carbocycles. The molecule has 0 atom stereocenters. The van der Waals surface area contributed by atoms with Gasteiger partial charge in [0.25, 0.3) is 0 Å². The summed E-state index contributed by atoms with van der Waals surface area (Å²) in [7, 11) is 0. The standard InChI is InChI=1S/C10H16N4OS/c11-7-10(4-2-1-3-5-10)14-8(15)6-16-9(12)13/h1-6H2,(H3,12,13)(H,14,15). The van der Waals surface area contributed by atoms with Crippen LogP contribution < -0.4 is 11.1 Å². The van der Waals surface area contributed by atoms with Crippen molar-refractivity contribution in [2.45, 2.75) is 37.6 Å². The van der Waals surface area contributed by atoms with Crippen LogP contribution in [0.1, 0.15) is 32.1 Å². The quantitative estimate of drug-likeness (QED) is 0.505. The van der Waals surface area contributed by atoms with Gasteiger partial charge in [0.1, 0.15) is 5.54 Å². The Hall–Kier alpha value is -1.22. The molecule has 0 aliphatic heterocycles. The molecule has 1 saturated carbocycles. The average molecular weight is 240 g/mol. The van der Waals surface area contributed by atoms with Crippen molar-refractivity contribution < 1.29 is 4.79 Å². The van der Waals surface area contributed by atoms with Gasteiger partial charge in [-0.05, 0) is 12.8 Å². The van der Waals surface area contributed by atoms with Gasteiger partial charge in [0, 0.05) is 0 Å². The number of hydrogen-bond donors (Lipinski definition) is 3. The maximum absolute atomic E-state index is 11.5. The normalized spacial score (nSPS) is 18.4. The van der Waals surface area contributed by atoms with E-state index in [1.807, 2.05) is 0 Å². The summed E-state index contributed by atoms with van der Waals surface area (Å²) in [6.45, 7) is 0. The molecular weight excluding hydrogens is 224 g/mol. The Bertz CT molecular complexity index is 317. The molecule has 0 aromatic carbocycles. The summed E-state index contributed by atoms with van der Waals surface area (Å²) in [6.07, 6.45) is 4.53. The number of carbonyl (C=O) groups excluding carboxylic acids is 1. The third-order valence-electron chi connectivity index (χ3n) is 2.66. The zero-order chi connectivity index (χ0) is 12.0. The Labute approximate surface area is 99.3 Å². The summed E-state index contributed by atoms with van der Waals surface area (Å²) >= 11 is 0.977. The average Bonchev–Trinajstić information content (AvgIpc) is 2.28. The molecule has 0 unspecified atom stereocenters. The van der Waals surface area contributed by atoms with Crippen LogP contribution in [0.4, 0.5) is 0 Å². The van der Waals surface area contributed by atoms with Gasteiger partial charge in [0.15, 0.2) is 5.17 Å². The molecule has 6 heteroatoms. The van der Waals surface area contributed by atoms with E-state index in [1.54, 1.807) is 0 Å². The fourth-order valence-electron chi connectivity index (χ4n) is 1.87. The number of amidine groups is 1. The van der Waals surface area contributed by atoms with Crippen molar-refractivity contribution in [2.75, 3.05) is 5.75 Å². The molecule has 0 bridgehead atoms. The van der Waals surface area contributed by atoms with Gasteiger partial charge in [-0.1, -0.05) is 31.0 Å². The number of nitrogens with one attached hydrogen (secondary N) is 2. The van der Waals surface area contributed by atoms with E-state index >= 15 is 0 Å². The van der Waals surface area contributed by atoms with Gasteiger partial charge in [0.05, 0.1) is 11.8 Å². The van der Waals surface area contributed by atoms with Crippen molar-refractivity contribution in [3.8, 4) is 6.07 Å². The van der Waals surface area contributed by atoms with Gasteiger partial charge >= 0.3 is 0 Å². The van der Waals surface area contributed by atoms with E-state index in [2.05, 4.69) is 11.4 Å². The van der Waals surface area contributed by atoms with Gasteiger partial charge in [-0.2, -0.15) is 5.26 Å². The van der Waals surface area contributed by atoms with Crippen molar-refractivity contribution in [3.63, 3.8) is 0 Å². The van der Waals surface area contributed by atoms with Gasteiger partial charge in [-0.15, -0.1) is 0 Å². The fourth-order valence-corrected chi connectivity index (χ4v) is 2.23. The van der Waals surface area contributed by atoms with Crippen molar-refractivity contribution in [1.29, 1.82) is 10.7 Å². The van der Waals surface area contributed by atoms with Crippen LogP contribution in [0.2, 0.25) is 0 Å². The molecule has 1 fully saturated rings. The minimum absolute atomic E-state index is 0.0789. The second-order valence-electron chi connectivity index (χ2n) is 3.96. The van der Waals surface area contributed by atoms with E-state index in [0.29, 0.717) is 0 Å². The lowest BCUT2D eigenvalue weighted by molar-refractivity contribution is -0.120. The predicted octanol–water partition coefficient (Wildman–Crippen LogP) is 0.956. The highest BCUT2D eigenvalue weighted by Crippen LogP contribution is 2.27. The van der Waals surface area contributed by atoms with Gasteiger partial charge in [0.2, 0.25) is 5.91 Å². The third kappa shape index (κ3) is 3.74. The van der Waals surface area contributed by atoms with E-state index in [1.165, 1.54) is 0 Å². The number of thioether (sulfide) groups is 1. The van der Waals surface area contributed by atoms with Gasteiger partial charge in [-0.3, -0.25) is 10.2 Å². The lowest BCUT2D eigenvalue weighted by Crippen LogP contribution is -2.49. The Morgan fingerprint density at radius 3 is 2.62 bits per heavy atom. The van der Waals surface area contributed by atoms with Crippen LogP contribution in [0.15, 0.2) is 0 Å². The SMILES string of the molecule is N#CC1(NC(=O)CSC(=N)N)CCCCC1. The highest BCUT2D eigenvalue weighted by Gasteiger charge is 2.33. The van der Waals surface area contributed by atoms with Crippen LogP contribution >= 0.6 is 11.8 Å². The first kappa shape index (κ1) is 12.8. The number of nitrogens with two attached hydrogens (primary N) is 1. The van der Waals surface area contributed by atoms with E-state index in [4.69, 9.17) is 16.4 Å². The number of hydrogen-bond acceptors (Lipinski definition) is 4. The summed E-state index contributed by atoms with van der Waals surface area (Å²) in [5.41, 5.74) is 4.45. The van der Waals surface area contributed by atoms with Crippen molar-refractivity contribution in [1.82, 2.24) is 5.32 Å². The fraction of sp³-hybridized carbons (Fsp3) is 0.700. The first-order valence-electron chi connectivity index (χ1n) is 5.27. The molecule has 0 spiro atoms. The van der Waals surface area contributed by atoms with Gasteiger partial charge in [-0.25, -0.2) is 0 Å². The van der Waals surface area contributed by atoms with Crippen molar-refractivity contribution in [2.24, 2.45) is 5.73 Å². The first-order chi connectivity index (χ1) is 7.58. The Morgan fingerprint density at radius 1 is 1.50 bits per heavy atom. The molecule has 0 heterocycles. The topological polar surface area (TPSA) is 103 Å². The number of nitriles is 1. The van der Waals surface area contributed by atoms with Crippen molar-refractivity contribution >= 4 is 22.8 Å². The number of nitrogens with zero attached hydrogens (tertiary/aromatic N) is 1. The predicted molar refractivity (Wildman–Crippen MR) is 63.9 cm³/mol. The Balaban J connectivity index is 2.46. The van der Waals surface area contributed by atoms with Crippen molar-refractivity contribution in [3.05, 3.63) is 0 Å². The number of amides is 1. The molecule has 0 aromatic rings. The third-order valence-corrected chi connectivity index (χ3v) is 3.38. The maximum Gasteiger partial charge on any atom is 0.231 e. The zero-order valence-corrected chi connectivity index (χ0v) is 9.90. The van der Waals surface area contributed by atoms with Crippen LogP contribution in [0.5, 0.6) is 0 Å². The number of rotatable bonds is 3. The summed E-state index contributed by atoms with van der Waals surface area (Å²) in [5, 5.41) is 18.8. The lowest BCUT2D eigenvalue weighted by Gasteiger charge is -2.31. The molecule has 1 amide bonds. The molecule has 0 saturated heterocycles.